The van der Waals surface area contributed by atoms with E-state index in [1.165, 1.54) is 40.7 Å². The highest BCUT2D eigenvalue weighted by Gasteiger charge is 2.18. The fourth-order valence-electron chi connectivity index (χ4n) is 3.05. The lowest BCUT2D eigenvalue weighted by Crippen LogP contribution is -2.11. The van der Waals surface area contributed by atoms with Gasteiger partial charge in [0.25, 0.3) is 0 Å². The summed E-state index contributed by atoms with van der Waals surface area (Å²) in [6.07, 6.45) is 6.75. The number of hydrogen-bond donors (Lipinski definition) is 1. The van der Waals surface area contributed by atoms with Gasteiger partial charge >= 0.3 is 0 Å². The van der Waals surface area contributed by atoms with Gasteiger partial charge in [0.15, 0.2) is 21.4 Å². The molecule has 1 aromatic carbocycles. The van der Waals surface area contributed by atoms with Gasteiger partial charge in [-0.1, -0.05) is 0 Å². The Bertz CT molecular complexity index is 1360. The minimum atomic E-state index is -3.19. The molecule has 3 heterocycles. The number of hydrogen-bond acceptors (Lipinski definition) is 9. The number of thiazole rings is 1. The van der Waals surface area contributed by atoms with Crippen molar-refractivity contribution in [1.82, 2.24) is 25.0 Å². The van der Waals surface area contributed by atoms with E-state index in [0.29, 0.717) is 27.6 Å². The van der Waals surface area contributed by atoms with Gasteiger partial charge in [-0.05, 0) is 31.2 Å². The highest BCUT2D eigenvalue weighted by molar-refractivity contribution is 7.90. The predicted octanol–water partition coefficient (Wildman–Crippen LogP) is 3.19. The molecule has 0 amide bonds. The van der Waals surface area contributed by atoms with Crippen LogP contribution in [0.4, 0.5) is 10.2 Å². The third kappa shape index (κ3) is 4.92. The van der Waals surface area contributed by atoms with E-state index in [9.17, 15) is 12.8 Å². The highest BCUT2D eigenvalue weighted by Crippen LogP contribution is 2.34. The van der Waals surface area contributed by atoms with Crippen molar-refractivity contribution in [2.75, 3.05) is 12.0 Å². The smallest absolute Gasteiger partial charge is 0.166 e. The zero-order valence-electron chi connectivity index (χ0n) is 17.1. The maximum atomic E-state index is 14.0. The summed E-state index contributed by atoms with van der Waals surface area (Å²) in [5, 5.41) is 8.69. The van der Waals surface area contributed by atoms with Gasteiger partial charge in [0.2, 0.25) is 0 Å². The minimum absolute atomic E-state index is 0.135. The quantitative estimate of drug-likeness (QED) is 0.433. The molecule has 0 spiro atoms. The van der Waals surface area contributed by atoms with E-state index in [0.717, 1.165) is 11.1 Å². The van der Waals surface area contributed by atoms with Gasteiger partial charge in [-0.15, -0.1) is 11.3 Å². The number of aromatic nitrogens is 5. The zero-order valence-corrected chi connectivity index (χ0v) is 18.8. The van der Waals surface area contributed by atoms with Crippen molar-refractivity contribution in [2.45, 2.75) is 18.8 Å². The summed E-state index contributed by atoms with van der Waals surface area (Å²) in [5.41, 5.74) is 7.78. The van der Waals surface area contributed by atoms with Gasteiger partial charge in [0, 0.05) is 29.8 Å². The van der Waals surface area contributed by atoms with E-state index in [2.05, 4.69) is 20.2 Å². The molecule has 3 aromatic heterocycles. The molecular formula is C20H19FN6O3S2. The number of halogens is 1. The summed E-state index contributed by atoms with van der Waals surface area (Å²) < 4.78 is 43.1. The van der Waals surface area contributed by atoms with Crippen molar-refractivity contribution < 1.29 is 17.5 Å². The molecule has 0 aliphatic heterocycles. The first-order chi connectivity index (χ1) is 15.2. The van der Waals surface area contributed by atoms with E-state index in [1.54, 1.807) is 31.5 Å². The van der Waals surface area contributed by atoms with E-state index < -0.39 is 21.8 Å². The Hall–Kier alpha value is -3.38. The zero-order chi connectivity index (χ0) is 22.9. The van der Waals surface area contributed by atoms with Crippen molar-refractivity contribution in [2.24, 2.45) is 0 Å². The molecule has 0 unspecified atom stereocenters. The van der Waals surface area contributed by atoms with Crippen molar-refractivity contribution in [1.29, 1.82) is 0 Å². The molecule has 32 heavy (non-hydrogen) atoms. The third-order valence-electron chi connectivity index (χ3n) is 4.47. The van der Waals surface area contributed by atoms with Gasteiger partial charge in [0.1, 0.15) is 22.7 Å². The summed E-state index contributed by atoms with van der Waals surface area (Å²) in [6, 6.07) is 5.95. The average Bonchev–Trinajstić information content (AvgIpc) is 3.40. The molecule has 4 rings (SSSR count). The van der Waals surface area contributed by atoms with Crippen molar-refractivity contribution >= 4 is 27.0 Å². The van der Waals surface area contributed by atoms with E-state index >= 15 is 0 Å². The largest absolute Gasteiger partial charge is 0.482 e. The Morgan fingerprint density at radius 3 is 2.66 bits per heavy atom. The van der Waals surface area contributed by atoms with Crippen LogP contribution in [-0.4, -0.2) is 39.6 Å². The van der Waals surface area contributed by atoms with Crippen LogP contribution in [0.1, 0.15) is 23.6 Å². The molecule has 0 saturated carbocycles. The molecule has 4 aromatic rings. The van der Waals surface area contributed by atoms with Crippen molar-refractivity contribution in [3.63, 3.8) is 0 Å². The normalized spacial score (nSPS) is 12.6. The van der Waals surface area contributed by atoms with E-state index in [1.807, 2.05) is 0 Å². The fourth-order valence-corrected chi connectivity index (χ4v) is 5.14. The molecule has 0 aliphatic rings. The molecule has 0 aliphatic carbocycles. The summed E-state index contributed by atoms with van der Waals surface area (Å²) in [7, 11) is -3.19. The average molecular weight is 475 g/mol. The first-order valence-electron chi connectivity index (χ1n) is 9.41. The predicted molar refractivity (Wildman–Crippen MR) is 119 cm³/mol. The number of pyridine rings is 1. The van der Waals surface area contributed by atoms with Crippen molar-refractivity contribution in [3.8, 4) is 21.9 Å². The Morgan fingerprint density at radius 1 is 1.19 bits per heavy atom. The second kappa shape index (κ2) is 8.63. The molecule has 2 N–H and O–H groups in total. The van der Waals surface area contributed by atoms with Gasteiger partial charge in [-0.25, -0.2) is 22.8 Å². The maximum absolute atomic E-state index is 14.0. The number of sulfone groups is 1. The summed E-state index contributed by atoms with van der Waals surface area (Å²) >= 11 is 1.25. The molecular weight excluding hydrogens is 455 g/mol. The Balaban J connectivity index is 1.63. The Labute approximate surface area is 187 Å². The lowest BCUT2D eigenvalue weighted by molar-refractivity contribution is 0.226. The Kier molecular flexibility index (Phi) is 5.89. The second-order valence-corrected chi connectivity index (χ2v) is 10.3. The number of nitrogens with two attached hydrogens (primary N) is 1. The molecule has 166 valence electrons. The molecule has 0 radical (unpaired) electrons. The van der Waals surface area contributed by atoms with Crippen LogP contribution < -0.4 is 10.5 Å². The summed E-state index contributed by atoms with van der Waals surface area (Å²) in [4.78, 5) is 10.5. The van der Waals surface area contributed by atoms with Crippen LogP contribution in [0.3, 0.4) is 0 Å². The minimum Gasteiger partial charge on any atom is -0.482 e. The van der Waals surface area contributed by atoms with Crippen LogP contribution in [-0.2, 0) is 15.6 Å². The van der Waals surface area contributed by atoms with Gasteiger partial charge < -0.3 is 10.5 Å². The number of anilines is 1. The number of rotatable bonds is 7. The van der Waals surface area contributed by atoms with Gasteiger partial charge in [-0.2, -0.15) is 15.0 Å². The fraction of sp³-hybridized carbons (Fsp3) is 0.200. The van der Waals surface area contributed by atoms with Crippen LogP contribution in [0.15, 0.2) is 49.1 Å². The molecule has 1 atom stereocenters. The molecule has 0 saturated heterocycles. The van der Waals surface area contributed by atoms with Crippen LogP contribution >= 0.6 is 11.3 Å². The number of ether oxygens (including phenoxy) is 1. The first kappa shape index (κ1) is 21.8. The van der Waals surface area contributed by atoms with Crippen LogP contribution in [0, 0.1) is 5.82 Å². The molecule has 0 fully saturated rings. The molecule has 0 bridgehead atoms. The van der Waals surface area contributed by atoms with Gasteiger partial charge in [0.05, 0.1) is 23.0 Å². The second-order valence-electron chi connectivity index (χ2n) is 7.08. The van der Waals surface area contributed by atoms with E-state index in [4.69, 9.17) is 10.5 Å². The highest BCUT2D eigenvalue weighted by atomic mass is 32.2. The summed E-state index contributed by atoms with van der Waals surface area (Å²) in [6.45, 7) is 1.75. The van der Waals surface area contributed by atoms with Crippen LogP contribution in [0.25, 0.3) is 16.1 Å². The third-order valence-corrected chi connectivity index (χ3v) is 6.50. The van der Waals surface area contributed by atoms with Crippen molar-refractivity contribution in [3.05, 3.63) is 65.4 Å². The monoisotopic (exact) mass is 474 g/mol. The number of nitrogen functional groups attached to an aromatic ring is 1. The standard InChI is InChI=1S/C20H19FN6O3S2/c1-12(15-8-14(21)3-4-16(15)27-25-5-6-26-27)30-17-7-13(9-24-20(17)22)18-10-23-19(31-18)11-32(2,28)29/h3-10,12H,11H2,1-2H3,(H2,22,24)/t12-/m1/s1. The lowest BCUT2D eigenvalue weighted by atomic mass is 10.1. The van der Waals surface area contributed by atoms with E-state index in [-0.39, 0.29) is 11.6 Å². The number of benzene rings is 1. The molecule has 12 heteroatoms. The SMILES string of the molecule is C[C@@H](Oc1cc(-c2cnc(CS(C)(=O)=O)s2)cnc1N)c1cc(F)ccc1-n1nccn1. The number of nitrogens with zero attached hydrogens (tertiary/aromatic N) is 5. The molecule has 9 nitrogen and oxygen atoms in total. The van der Waals surface area contributed by atoms with Crippen LogP contribution in [0.5, 0.6) is 5.75 Å². The summed E-state index contributed by atoms with van der Waals surface area (Å²) in [5.74, 6) is -0.0906. The lowest BCUT2D eigenvalue weighted by Gasteiger charge is -2.19. The Morgan fingerprint density at radius 2 is 1.94 bits per heavy atom. The van der Waals surface area contributed by atoms with Crippen LogP contribution in [0.2, 0.25) is 0 Å². The van der Waals surface area contributed by atoms with Gasteiger partial charge in [-0.3, -0.25) is 0 Å². The maximum Gasteiger partial charge on any atom is 0.166 e. The first-order valence-corrected chi connectivity index (χ1v) is 12.3. The topological polar surface area (TPSA) is 126 Å².